The van der Waals surface area contributed by atoms with E-state index in [0.29, 0.717) is 19.3 Å². The molecular formula is C48H90O6. The highest BCUT2D eigenvalue weighted by Gasteiger charge is 2.19. The van der Waals surface area contributed by atoms with Crippen LogP contribution in [0.4, 0.5) is 0 Å². The van der Waals surface area contributed by atoms with E-state index in [-0.39, 0.29) is 31.1 Å². The molecule has 0 rings (SSSR count). The molecule has 318 valence electrons. The number of unbranched alkanes of at least 4 members (excludes halogenated alkanes) is 30. The first kappa shape index (κ1) is 52.2. The van der Waals surface area contributed by atoms with E-state index in [4.69, 9.17) is 14.2 Å². The summed E-state index contributed by atoms with van der Waals surface area (Å²) >= 11 is 0. The van der Waals surface area contributed by atoms with Crippen molar-refractivity contribution in [2.45, 2.75) is 264 Å². The van der Waals surface area contributed by atoms with Crippen LogP contribution >= 0.6 is 0 Å². The molecule has 1 atom stereocenters. The van der Waals surface area contributed by atoms with E-state index in [1.165, 1.54) is 154 Å². The van der Waals surface area contributed by atoms with Gasteiger partial charge in [0.05, 0.1) is 0 Å². The van der Waals surface area contributed by atoms with Gasteiger partial charge in [0, 0.05) is 19.3 Å². The van der Waals surface area contributed by atoms with Crippen molar-refractivity contribution in [1.82, 2.24) is 0 Å². The van der Waals surface area contributed by atoms with E-state index in [9.17, 15) is 14.4 Å². The molecule has 0 aliphatic carbocycles. The molecule has 6 heteroatoms. The smallest absolute Gasteiger partial charge is 0.306 e. The van der Waals surface area contributed by atoms with Crippen LogP contribution in [0.25, 0.3) is 0 Å². The molecule has 0 aromatic rings. The van der Waals surface area contributed by atoms with Crippen molar-refractivity contribution in [3.63, 3.8) is 0 Å². The Hall–Kier alpha value is -1.85. The number of hydrogen-bond acceptors (Lipinski definition) is 6. The molecule has 0 aromatic heterocycles. The first-order valence-corrected chi connectivity index (χ1v) is 23.7. The number of carbonyl (C=O) groups excluding carboxylic acids is 3. The third-order valence-corrected chi connectivity index (χ3v) is 10.5. The van der Waals surface area contributed by atoms with Gasteiger partial charge in [-0.2, -0.15) is 0 Å². The summed E-state index contributed by atoms with van der Waals surface area (Å²) in [5.41, 5.74) is 0. The van der Waals surface area contributed by atoms with Gasteiger partial charge in [-0.1, -0.05) is 206 Å². The Morgan fingerprint density at radius 2 is 0.611 bits per heavy atom. The Kier molecular flexibility index (Phi) is 42.4. The largest absolute Gasteiger partial charge is 0.462 e. The van der Waals surface area contributed by atoms with Crippen molar-refractivity contribution in [3.05, 3.63) is 12.2 Å². The van der Waals surface area contributed by atoms with Crippen molar-refractivity contribution in [1.29, 1.82) is 0 Å². The number of hydrogen-bond donors (Lipinski definition) is 0. The quantitative estimate of drug-likeness (QED) is 0.0266. The molecule has 0 radical (unpaired) electrons. The molecule has 0 spiro atoms. The number of rotatable bonds is 43. The van der Waals surface area contributed by atoms with Crippen LogP contribution in [0.15, 0.2) is 12.2 Å². The lowest BCUT2D eigenvalue weighted by molar-refractivity contribution is -0.167. The van der Waals surface area contributed by atoms with Gasteiger partial charge in [-0.3, -0.25) is 14.4 Å². The van der Waals surface area contributed by atoms with Gasteiger partial charge in [-0.05, 0) is 44.9 Å². The van der Waals surface area contributed by atoms with Gasteiger partial charge >= 0.3 is 17.9 Å². The fraction of sp³-hybridized carbons (Fsp3) is 0.896. The van der Waals surface area contributed by atoms with E-state index >= 15 is 0 Å². The minimum absolute atomic E-state index is 0.0701. The fourth-order valence-electron chi connectivity index (χ4n) is 6.91. The third kappa shape index (κ3) is 41.3. The van der Waals surface area contributed by atoms with Gasteiger partial charge < -0.3 is 14.2 Å². The molecule has 1 unspecified atom stereocenters. The Balaban J connectivity index is 4.35. The second-order valence-corrected chi connectivity index (χ2v) is 16.0. The second kappa shape index (κ2) is 43.9. The molecule has 0 aliphatic heterocycles. The van der Waals surface area contributed by atoms with Crippen LogP contribution in [0.2, 0.25) is 0 Å². The highest BCUT2D eigenvalue weighted by molar-refractivity contribution is 5.71. The first-order valence-electron chi connectivity index (χ1n) is 23.7. The molecule has 0 aromatic carbocycles. The molecule has 0 heterocycles. The number of ether oxygens (including phenoxy) is 3. The van der Waals surface area contributed by atoms with E-state index in [1.807, 2.05) is 0 Å². The SMILES string of the molecule is CCCCCCCCC/C=C\CCCCCC(=O)OCC(COC(=O)CCCCCCCCCCCCC)OC(=O)CCCCCCCCCCCCC. The summed E-state index contributed by atoms with van der Waals surface area (Å²) in [4.78, 5) is 37.7. The fourth-order valence-corrected chi connectivity index (χ4v) is 6.91. The lowest BCUT2D eigenvalue weighted by Crippen LogP contribution is -2.30. The van der Waals surface area contributed by atoms with Gasteiger partial charge in [-0.25, -0.2) is 0 Å². The van der Waals surface area contributed by atoms with Crippen molar-refractivity contribution >= 4 is 17.9 Å². The minimum Gasteiger partial charge on any atom is -0.462 e. The average Bonchev–Trinajstić information content (AvgIpc) is 3.17. The lowest BCUT2D eigenvalue weighted by Gasteiger charge is -2.18. The monoisotopic (exact) mass is 763 g/mol. The number of allylic oxidation sites excluding steroid dienone is 2. The average molecular weight is 763 g/mol. The topological polar surface area (TPSA) is 78.9 Å². The van der Waals surface area contributed by atoms with Crippen LogP contribution in [0.3, 0.4) is 0 Å². The maximum Gasteiger partial charge on any atom is 0.306 e. The van der Waals surface area contributed by atoms with Crippen molar-refractivity contribution in [3.8, 4) is 0 Å². The Labute approximate surface area is 335 Å². The van der Waals surface area contributed by atoms with Crippen LogP contribution < -0.4 is 0 Å². The Bertz CT molecular complexity index is 839. The van der Waals surface area contributed by atoms with E-state index in [0.717, 1.165) is 64.2 Å². The van der Waals surface area contributed by atoms with Gasteiger partial charge in [0.1, 0.15) is 13.2 Å². The van der Waals surface area contributed by atoms with Crippen LogP contribution in [-0.4, -0.2) is 37.2 Å². The van der Waals surface area contributed by atoms with Crippen LogP contribution in [0.1, 0.15) is 258 Å². The Morgan fingerprint density at radius 1 is 0.352 bits per heavy atom. The van der Waals surface area contributed by atoms with E-state index < -0.39 is 6.10 Å². The summed E-state index contributed by atoms with van der Waals surface area (Å²) in [5.74, 6) is -0.878. The highest BCUT2D eigenvalue weighted by Crippen LogP contribution is 2.15. The zero-order valence-corrected chi connectivity index (χ0v) is 36.3. The second-order valence-electron chi connectivity index (χ2n) is 16.0. The van der Waals surface area contributed by atoms with Crippen molar-refractivity contribution in [2.24, 2.45) is 0 Å². The van der Waals surface area contributed by atoms with Gasteiger partial charge in [0.25, 0.3) is 0 Å². The molecule has 6 nitrogen and oxygen atoms in total. The van der Waals surface area contributed by atoms with Crippen LogP contribution in [0, 0.1) is 0 Å². The number of esters is 3. The molecule has 54 heavy (non-hydrogen) atoms. The summed E-state index contributed by atoms with van der Waals surface area (Å²) in [5, 5.41) is 0. The standard InChI is InChI=1S/C48H90O6/c1-4-7-10-13-16-19-22-23-24-27-29-32-35-38-41-47(50)53-44-45(54-48(51)42-39-36-33-30-26-21-18-15-12-9-6-3)43-52-46(49)40-37-34-31-28-25-20-17-14-11-8-5-2/h24,27,45H,4-23,25-26,28-44H2,1-3H3/b27-24-. The predicted octanol–water partition coefficient (Wildman–Crippen LogP) is 15.0. The van der Waals surface area contributed by atoms with E-state index in [1.54, 1.807) is 0 Å². The lowest BCUT2D eigenvalue weighted by atomic mass is 10.1. The zero-order valence-electron chi connectivity index (χ0n) is 36.3. The van der Waals surface area contributed by atoms with Gasteiger partial charge in [-0.15, -0.1) is 0 Å². The summed E-state index contributed by atoms with van der Waals surface area (Å²) in [6, 6.07) is 0. The summed E-state index contributed by atoms with van der Waals surface area (Å²) in [6.07, 6.45) is 46.2. The van der Waals surface area contributed by atoms with Crippen molar-refractivity contribution in [2.75, 3.05) is 13.2 Å². The molecule has 0 saturated heterocycles. The molecule has 0 amide bonds. The zero-order chi connectivity index (χ0) is 39.4. The first-order chi connectivity index (χ1) is 26.5. The number of carbonyl (C=O) groups is 3. The Morgan fingerprint density at radius 3 is 0.944 bits per heavy atom. The van der Waals surface area contributed by atoms with Gasteiger partial charge in [0.15, 0.2) is 6.10 Å². The normalized spacial score (nSPS) is 12.0. The van der Waals surface area contributed by atoms with Crippen LogP contribution in [0.5, 0.6) is 0 Å². The molecule has 0 bridgehead atoms. The van der Waals surface area contributed by atoms with Crippen molar-refractivity contribution < 1.29 is 28.6 Å². The molecule has 0 fully saturated rings. The summed E-state index contributed by atoms with van der Waals surface area (Å²) in [7, 11) is 0. The third-order valence-electron chi connectivity index (χ3n) is 10.5. The van der Waals surface area contributed by atoms with E-state index in [2.05, 4.69) is 32.9 Å². The summed E-state index contributed by atoms with van der Waals surface area (Å²) in [6.45, 7) is 6.62. The maximum absolute atomic E-state index is 12.7. The molecule has 0 saturated carbocycles. The van der Waals surface area contributed by atoms with Gasteiger partial charge in [0.2, 0.25) is 0 Å². The molecule has 0 N–H and O–H groups in total. The highest BCUT2D eigenvalue weighted by atomic mass is 16.6. The molecule has 0 aliphatic rings. The van der Waals surface area contributed by atoms with Crippen LogP contribution in [-0.2, 0) is 28.6 Å². The predicted molar refractivity (Wildman–Crippen MR) is 229 cm³/mol. The minimum atomic E-state index is -0.767. The maximum atomic E-state index is 12.7. The summed E-state index contributed by atoms with van der Waals surface area (Å²) < 4.78 is 16.7. The molecular weight excluding hydrogens is 673 g/mol.